The predicted molar refractivity (Wildman–Crippen MR) is 75.9 cm³/mol. The Morgan fingerprint density at radius 1 is 1.40 bits per heavy atom. The van der Waals surface area contributed by atoms with Crippen LogP contribution in [0.1, 0.15) is 36.7 Å². The first-order valence-corrected chi connectivity index (χ1v) is 7.12. The van der Waals surface area contributed by atoms with Gasteiger partial charge >= 0.3 is 5.97 Å². The second-order valence-corrected chi connectivity index (χ2v) is 5.82. The van der Waals surface area contributed by atoms with E-state index in [-0.39, 0.29) is 5.91 Å². The second-order valence-electron chi connectivity index (χ2n) is 5.39. The van der Waals surface area contributed by atoms with Gasteiger partial charge in [0, 0.05) is 26.3 Å². The topological polar surface area (TPSA) is 62.5 Å². The molecule has 1 amide bonds. The first-order valence-electron chi connectivity index (χ1n) is 6.74. The molecule has 0 atom stereocenters. The van der Waals surface area contributed by atoms with E-state index in [9.17, 15) is 14.7 Å². The van der Waals surface area contributed by atoms with Crippen LogP contribution >= 0.6 is 11.6 Å². The summed E-state index contributed by atoms with van der Waals surface area (Å²) in [6.45, 7) is 2.84. The van der Waals surface area contributed by atoms with Crippen LogP contribution in [0.2, 0.25) is 5.02 Å². The molecule has 1 aliphatic rings. The van der Waals surface area contributed by atoms with Crippen molar-refractivity contribution in [3.8, 4) is 0 Å². The predicted octanol–water partition coefficient (Wildman–Crippen LogP) is 2.40. The summed E-state index contributed by atoms with van der Waals surface area (Å²) >= 11 is 5.89. The van der Waals surface area contributed by atoms with Crippen LogP contribution in [0.3, 0.4) is 0 Å². The lowest BCUT2D eigenvalue weighted by atomic mass is 9.76. The number of piperidine rings is 1. The van der Waals surface area contributed by atoms with Crippen LogP contribution in [0.15, 0.2) is 12.3 Å². The van der Waals surface area contributed by atoms with Gasteiger partial charge in [0.1, 0.15) is 5.69 Å². The minimum atomic E-state index is -0.756. The van der Waals surface area contributed by atoms with Gasteiger partial charge in [-0.25, -0.2) is 0 Å². The Morgan fingerprint density at radius 2 is 2.00 bits per heavy atom. The summed E-state index contributed by atoms with van der Waals surface area (Å²) in [6, 6.07) is 1.64. The molecule has 110 valence electrons. The van der Waals surface area contributed by atoms with Crippen molar-refractivity contribution in [1.82, 2.24) is 9.47 Å². The molecule has 1 fully saturated rings. The third kappa shape index (κ3) is 2.54. The molecule has 0 spiro atoms. The summed E-state index contributed by atoms with van der Waals surface area (Å²) in [5.41, 5.74) is -0.142. The highest BCUT2D eigenvalue weighted by Gasteiger charge is 2.41. The normalized spacial score (nSPS) is 18.1. The number of aryl methyl sites for hydroxylation is 1. The third-order valence-electron chi connectivity index (χ3n) is 4.33. The SMILES string of the molecule is CCC1(C(=O)O)CCN(C(=O)c2cc(Cl)cn2C)CC1. The van der Waals surface area contributed by atoms with Crippen molar-refractivity contribution in [3.63, 3.8) is 0 Å². The lowest BCUT2D eigenvalue weighted by molar-refractivity contribution is -0.152. The van der Waals surface area contributed by atoms with E-state index in [1.54, 1.807) is 28.8 Å². The molecule has 0 saturated carbocycles. The van der Waals surface area contributed by atoms with Gasteiger partial charge in [-0.2, -0.15) is 0 Å². The highest BCUT2D eigenvalue weighted by Crippen LogP contribution is 2.35. The second kappa shape index (κ2) is 5.48. The van der Waals surface area contributed by atoms with Gasteiger partial charge in [-0.15, -0.1) is 0 Å². The van der Waals surface area contributed by atoms with Crippen LogP contribution < -0.4 is 0 Å². The number of amides is 1. The lowest BCUT2D eigenvalue weighted by Crippen LogP contribution is -2.46. The molecule has 2 rings (SSSR count). The van der Waals surface area contributed by atoms with E-state index in [2.05, 4.69) is 0 Å². The Kier molecular flexibility index (Phi) is 4.09. The van der Waals surface area contributed by atoms with Crippen LogP contribution in [-0.4, -0.2) is 39.5 Å². The maximum absolute atomic E-state index is 12.4. The number of nitrogens with zero attached hydrogens (tertiary/aromatic N) is 2. The van der Waals surface area contributed by atoms with Crippen molar-refractivity contribution in [2.45, 2.75) is 26.2 Å². The van der Waals surface area contributed by atoms with Gasteiger partial charge in [-0.1, -0.05) is 18.5 Å². The molecule has 0 aliphatic carbocycles. The minimum Gasteiger partial charge on any atom is -0.481 e. The van der Waals surface area contributed by atoms with Crippen molar-refractivity contribution in [1.29, 1.82) is 0 Å². The fourth-order valence-corrected chi connectivity index (χ4v) is 3.01. The Hall–Kier alpha value is -1.49. The summed E-state index contributed by atoms with van der Waals surface area (Å²) in [4.78, 5) is 25.5. The first-order chi connectivity index (χ1) is 9.39. The molecule has 1 aromatic rings. The zero-order chi connectivity index (χ0) is 14.9. The summed E-state index contributed by atoms with van der Waals surface area (Å²) in [7, 11) is 1.77. The number of likely N-dealkylation sites (tertiary alicyclic amines) is 1. The Labute approximate surface area is 123 Å². The number of hydrogen-bond donors (Lipinski definition) is 1. The quantitative estimate of drug-likeness (QED) is 0.932. The molecular weight excluding hydrogens is 280 g/mol. The Morgan fingerprint density at radius 3 is 2.40 bits per heavy atom. The monoisotopic (exact) mass is 298 g/mol. The molecule has 1 saturated heterocycles. The van der Waals surface area contributed by atoms with Gasteiger partial charge in [-0.05, 0) is 25.3 Å². The number of carboxylic acids is 1. The van der Waals surface area contributed by atoms with Crippen molar-refractivity contribution in [2.24, 2.45) is 12.5 Å². The standard InChI is InChI=1S/C14H19ClN2O3/c1-3-14(13(19)20)4-6-17(7-5-14)12(18)11-8-10(15)9-16(11)2/h8-9H,3-7H2,1-2H3,(H,19,20). The molecule has 2 heterocycles. The average molecular weight is 299 g/mol. The number of aromatic nitrogens is 1. The van der Waals surface area contributed by atoms with Crippen LogP contribution in [-0.2, 0) is 11.8 Å². The smallest absolute Gasteiger partial charge is 0.309 e. The van der Waals surface area contributed by atoms with Gasteiger partial charge in [0.15, 0.2) is 0 Å². The lowest BCUT2D eigenvalue weighted by Gasteiger charge is -2.38. The largest absolute Gasteiger partial charge is 0.481 e. The molecule has 0 unspecified atom stereocenters. The molecule has 1 aliphatic heterocycles. The number of aliphatic carboxylic acids is 1. The van der Waals surface area contributed by atoms with Crippen molar-refractivity contribution < 1.29 is 14.7 Å². The highest BCUT2D eigenvalue weighted by atomic mass is 35.5. The summed E-state index contributed by atoms with van der Waals surface area (Å²) in [5.74, 6) is -0.844. The minimum absolute atomic E-state index is 0.0884. The molecule has 1 N–H and O–H groups in total. The molecule has 1 aromatic heterocycles. The molecule has 20 heavy (non-hydrogen) atoms. The molecule has 5 nitrogen and oxygen atoms in total. The molecule has 6 heteroatoms. The summed E-state index contributed by atoms with van der Waals surface area (Å²) < 4.78 is 1.70. The van der Waals surface area contributed by atoms with E-state index < -0.39 is 11.4 Å². The van der Waals surface area contributed by atoms with E-state index in [0.717, 1.165) is 0 Å². The number of hydrogen-bond acceptors (Lipinski definition) is 2. The van der Waals surface area contributed by atoms with Crippen LogP contribution in [0.5, 0.6) is 0 Å². The number of carbonyl (C=O) groups excluding carboxylic acids is 1. The van der Waals surface area contributed by atoms with E-state index in [4.69, 9.17) is 11.6 Å². The average Bonchev–Trinajstić information content (AvgIpc) is 2.76. The zero-order valence-electron chi connectivity index (χ0n) is 11.7. The van der Waals surface area contributed by atoms with Crippen molar-refractivity contribution in [3.05, 3.63) is 23.0 Å². The number of rotatable bonds is 3. The summed E-state index contributed by atoms with van der Waals surface area (Å²) in [6.07, 6.45) is 3.29. The fraction of sp³-hybridized carbons (Fsp3) is 0.571. The first kappa shape index (κ1) is 14.9. The fourth-order valence-electron chi connectivity index (χ4n) is 2.76. The molecule has 0 aromatic carbocycles. The maximum atomic E-state index is 12.4. The summed E-state index contributed by atoms with van der Waals surface area (Å²) in [5, 5.41) is 9.88. The van der Waals surface area contributed by atoms with E-state index in [0.29, 0.717) is 43.1 Å². The highest BCUT2D eigenvalue weighted by molar-refractivity contribution is 6.31. The zero-order valence-corrected chi connectivity index (χ0v) is 12.5. The van der Waals surface area contributed by atoms with Crippen LogP contribution in [0.25, 0.3) is 0 Å². The number of halogens is 1. The van der Waals surface area contributed by atoms with Gasteiger partial charge in [0.2, 0.25) is 0 Å². The van der Waals surface area contributed by atoms with Crippen LogP contribution in [0, 0.1) is 5.41 Å². The molecule has 0 bridgehead atoms. The maximum Gasteiger partial charge on any atom is 0.309 e. The molecule has 0 radical (unpaired) electrons. The van der Waals surface area contributed by atoms with Gasteiger partial charge < -0.3 is 14.6 Å². The number of carbonyl (C=O) groups is 2. The van der Waals surface area contributed by atoms with Gasteiger partial charge in [0.05, 0.1) is 10.4 Å². The van der Waals surface area contributed by atoms with Gasteiger partial charge in [-0.3, -0.25) is 9.59 Å². The van der Waals surface area contributed by atoms with E-state index in [1.165, 1.54) is 0 Å². The van der Waals surface area contributed by atoms with Crippen molar-refractivity contribution in [2.75, 3.05) is 13.1 Å². The number of carboxylic acid groups (broad SMARTS) is 1. The van der Waals surface area contributed by atoms with Gasteiger partial charge in [0.25, 0.3) is 5.91 Å². The van der Waals surface area contributed by atoms with Crippen LogP contribution in [0.4, 0.5) is 0 Å². The molecular formula is C14H19ClN2O3. The van der Waals surface area contributed by atoms with E-state index in [1.807, 2.05) is 6.92 Å². The van der Waals surface area contributed by atoms with E-state index >= 15 is 0 Å². The third-order valence-corrected chi connectivity index (χ3v) is 4.54. The Balaban J connectivity index is 2.09. The van der Waals surface area contributed by atoms with Crippen molar-refractivity contribution >= 4 is 23.5 Å². The Bertz CT molecular complexity index is 531.